The first-order valence-electron chi connectivity index (χ1n) is 15.0. The second-order valence-corrected chi connectivity index (χ2v) is 11.2. The topological polar surface area (TPSA) is 62.5 Å². The molecule has 0 heterocycles. The van der Waals surface area contributed by atoms with E-state index in [1.807, 2.05) is 42.5 Å². The van der Waals surface area contributed by atoms with Crippen molar-refractivity contribution in [3.63, 3.8) is 0 Å². The number of aliphatic hydroxyl groups excluding tert-OH is 1. The van der Waals surface area contributed by atoms with Crippen LogP contribution in [0.15, 0.2) is 48.5 Å². The highest BCUT2D eigenvalue weighted by atomic mass is 19.1. The normalized spacial score (nSPS) is 16.9. The molecule has 0 amide bonds. The van der Waals surface area contributed by atoms with E-state index >= 15 is 0 Å². The van der Waals surface area contributed by atoms with E-state index in [9.17, 15) is 9.50 Å². The van der Waals surface area contributed by atoms with Crippen LogP contribution in [-0.4, -0.2) is 24.0 Å². The molecule has 2 fully saturated rings. The molecular weight excluding hydrogens is 501 g/mol. The van der Waals surface area contributed by atoms with Gasteiger partial charge in [-0.05, 0) is 86.3 Å². The molecule has 0 saturated heterocycles. The van der Waals surface area contributed by atoms with Gasteiger partial charge in [0.15, 0.2) is 0 Å². The average molecular weight is 554 g/mol. The van der Waals surface area contributed by atoms with Crippen LogP contribution in [0.1, 0.15) is 116 Å². The lowest BCUT2D eigenvalue weighted by Crippen LogP contribution is -2.15. The van der Waals surface area contributed by atoms with Gasteiger partial charge in [0.2, 0.25) is 0 Å². The number of rotatable bonds is 11. The lowest BCUT2D eigenvalue weighted by molar-refractivity contribution is 0.183. The summed E-state index contributed by atoms with van der Waals surface area (Å²) in [5, 5.41) is 17.5. The Morgan fingerprint density at radius 3 is 2.10 bits per heavy atom. The number of hydrogen-bond acceptors (Lipinski definition) is 4. The fourth-order valence-corrected chi connectivity index (χ4v) is 5.37. The Balaban J connectivity index is 0.000000274. The summed E-state index contributed by atoms with van der Waals surface area (Å²) < 4.78 is 25.2. The van der Waals surface area contributed by atoms with Crippen molar-refractivity contribution in [1.29, 1.82) is 5.41 Å². The minimum Gasteiger partial charge on any atom is -0.493 e. The van der Waals surface area contributed by atoms with Crippen molar-refractivity contribution in [2.45, 2.75) is 104 Å². The van der Waals surface area contributed by atoms with E-state index in [4.69, 9.17) is 14.9 Å². The molecule has 1 atom stereocenters. The summed E-state index contributed by atoms with van der Waals surface area (Å²) in [7, 11) is 0. The van der Waals surface area contributed by atoms with Gasteiger partial charge >= 0.3 is 0 Å². The van der Waals surface area contributed by atoms with Crippen LogP contribution in [0.25, 0.3) is 6.08 Å². The van der Waals surface area contributed by atoms with Crippen molar-refractivity contribution in [3.8, 4) is 11.5 Å². The third-order valence-corrected chi connectivity index (χ3v) is 7.60. The highest BCUT2D eigenvalue weighted by Gasteiger charge is 2.15. The van der Waals surface area contributed by atoms with E-state index in [1.165, 1.54) is 70.3 Å². The molecule has 0 aliphatic heterocycles. The third kappa shape index (κ3) is 12.7. The van der Waals surface area contributed by atoms with Gasteiger partial charge in [-0.1, -0.05) is 77.2 Å². The first kappa shape index (κ1) is 33.5. The number of benzene rings is 2. The van der Waals surface area contributed by atoms with Gasteiger partial charge in [-0.2, -0.15) is 0 Å². The Morgan fingerprint density at radius 1 is 0.925 bits per heavy atom. The zero-order valence-corrected chi connectivity index (χ0v) is 24.0. The number of aliphatic hydroxyl groups is 1. The molecule has 5 heteroatoms. The van der Waals surface area contributed by atoms with E-state index in [1.54, 1.807) is 13.0 Å². The maximum Gasteiger partial charge on any atom is 0.127 e. The standard InChI is InChI=1S/C17H23FO.C17H25NO2.CH4/c1-2-3-7-15-10-16(18)12-17(11-15)19-13-14-8-5-4-6-9-14;1-13(18)10-17(19)15-8-5-9-16(11-15)20-12-14-6-3-2-4-7-14;/h3,7,10-12,14H,2,4-6,8-9,13H2,1H3;5,8-9,11,14,17-19H,2-4,6-7,10,12H2,1H3;1H4/b7-3+;;. The quantitative estimate of drug-likeness (QED) is 0.272. The van der Waals surface area contributed by atoms with Crippen LogP contribution in [0.3, 0.4) is 0 Å². The first-order chi connectivity index (χ1) is 18.9. The Bertz CT molecular complexity index is 1030. The van der Waals surface area contributed by atoms with Crippen LogP contribution in [0.4, 0.5) is 4.39 Å². The molecule has 4 rings (SSSR count). The fraction of sp³-hybridized carbons (Fsp3) is 0.571. The molecule has 4 nitrogen and oxygen atoms in total. The van der Waals surface area contributed by atoms with E-state index in [0.29, 0.717) is 29.7 Å². The molecule has 0 bridgehead atoms. The number of ether oxygens (including phenoxy) is 2. The summed E-state index contributed by atoms with van der Waals surface area (Å²) >= 11 is 0. The Morgan fingerprint density at radius 2 is 1.52 bits per heavy atom. The van der Waals surface area contributed by atoms with Crippen LogP contribution in [0.5, 0.6) is 11.5 Å². The molecule has 2 aromatic rings. The summed E-state index contributed by atoms with van der Waals surface area (Å²) in [5.41, 5.74) is 2.20. The lowest BCUT2D eigenvalue weighted by atomic mass is 9.90. The van der Waals surface area contributed by atoms with Gasteiger partial charge < -0.3 is 20.0 Å². The molecule has 2 aliphatic carbocycles. The smallest absolute Gasteiger partial charge is 0.127 e. The van der Waals surface area contributed by atoms with Crippen LogP contribution in [0, 0.1) is 23.1 Å². The first-order valence-corrected chi connectivity index (χ1v) is 15.0. The Kier molecular flexibility index (Phi) is 15.6. The monoisotopic (exact) mass is 553 g/mol. The zero-order valence-electron chi connectivity index (χ0n) is 24.0. The third-order valence-electron chi connectivity index (χ3n) is 7.60. The van der Waals surface area contributed by atoms with Crippen LogP contribution in [-0.2, 0) is 0 Å². The molecule has 2 aromatic carbocycles. The molecular formula is C35H52FNO3. The Hall–Kier alpha value is -2.66. The van der Waals surface area contributed by atoms with Gasteiger partial charge in [0.1, 0.15) is 17.3 Å². The zero-order chi connectivity index (χ0) is 27.9. The maximum absolute atomic E-state index is 13.5. The second-order valence-electron chi connectivity index (χ2n) is 11.2. The summed E-state index contributed by atoms with van der Waals surface area (Å²) in [5.74, 6) is 2.58. The Labute approximate surface area is 242 Å². The predicted molar refractivity (Wildman–Crippen MR) is 166 cm³/mol. The summed E-state index contributed by atoms with van der Waals surface area (Å²) in [6.07, 6.45) is 17.7. The molecule has 40 heavy (non-hydrogen) atoms. The van der Waals surface area contributed by atoms with Gasteiger partial charge in [0.25, 0.3) is 0 Å². The minimum absolute atomic E-state index is 0. The van der Waals surface area contributed by atoms with Crippen LogP contribution in [0.2, 0.25) is 0 Å². The lowest BCUT2D eigenvalue weighted by Gasteiger charge is -2.22. The van der Waals surface area contributed by atoms with Gasteiger partial charge in [-0.15, -0.1) is 0 Å². The highest BCUT2D eigenvalue weighted by Crippen LogP contribution is 2.27. The summed E-state index contributed by atoms with van der Waals surface area (Å²) in [6.45, 7) is 5.28. The van der Waals surface area contributed by atoms with Crippen molar-refractivity contribution < 1.29 is 19.0 Å². The van der Waals surface area contributed by atoms with E-state index in [-0.39, 0.29) is 13.2 Å². The average Bonchev–Trinajstić information content (AvgIpc) is 2.95. The van der Waals surface area contributed by atoms with Gasteiger partial charge in [-0.3, -0.25) is 0 Å². The SMILES string of the molecule is C.CC(=N)CC(O)c1cccc(OCC2CCCCC2)c1.CC/C=C/c1cc(F)cc(OCC2CCCCC2)c1. The number of halogens is 1. The van der Waals surface area contributed by atoms with E-state index in [0.717, 1.165) is 36.5 Å². The second kappa shape index (κ2) is 18.6. The molecule has 1 unspecified atom stereocenters. The minimum atomic E-state index is -0.606. The predicted octanol–water partition coefficient (Wildman–Crippen LogP) is 9.95. The maximum atomic E-state index is 13.5. The number of nitrogens with one attached hydrogen (secondary N) is 1. The van der Waals surface area contributed by atoms with Crippen LogP contribution < -0.4 is 9.47 Å². The van der Waals surface area contributed by atoms with Crippen molar-refractivity contribution in [1.82, 2.24) is 0 Å². The molecule has 0 radical (unpaired) electrons. The van der Waals surface area contributed by atoms with Gasteiger partial charge in [0.05, 0.1) is 19.3 Å². The van der Waals surface area contributed by atoms with Crippen molar-refractivity contribution in [2.24, 2.45) is 11.8 Å². The number of hydrogen-bond donors (Lipinski definition) is 2. The van der Waals surface area contributed by atoms with Crippen molar-refractivity contribution in [3.05, 3.63) is 65.5 Å². The summed E-state index contributed by atoms with van der Waals surface area (Å²) in [4.78, 5) is 0. The van der Waals surface area contributed by atoms with Gasteiger partial charge in [0, 0.05) is 18.2 Å². The molecule has 222 valence electrons. The molecule has 2 saturated carbocycles. The largest absolute Gasteiger partial charge is 0.493 e. The molecule has 0 aromatic heterocycles. The highest BCUT2D eigenvalue weighted by molar-refractivity contribution is 5.79. The fourth-order valence-electron chi connectivity index (χ4n) is 5.37. The van der Waals surface area contributed by atoms with Crippen LogP contribution >= 0.6 is 0 Å². The molecule has 2 aliphatic rings. The van der Waals surface area contributed by atoms with Crippen molar-refractivity contribution >= 4 is 11.8 Å². The van der Waals surface area contributed by atoms with E-state index in [2.05, 4.69) is 6.92 Å². The van der Waals surface area contributed by atoms with Crippen molar-refractivity contribution in [2.75, 3.05) is 13.2 Å². The molecule has 0 spiro atoms. The molecule has 2 N–H and O–H groups in total. The van der Waals surface area contributed by atoms with Gasteiger partial charge in [-0.25, -0.2) is 4.39 Å². The van der Waals surface area contributed by atoms with E-state index < -0.39 is 6.10 Å². The summed E-state index contributed by atoms with van der Waals surface area (Å²) in [6, 6.07) is 12.6. The number of allylic oxidation sites excluding steroid dienone is 1.